The highest BCUT2D eigenvalue weighted by Crippen LogP contribution is 2.30. The molecule has 1 heterocycles. The fraction of sp³-hybridized carbons (Fsp3) is 0.214. The molecule has 4 aromatic rings. The van der Waals surface area contributed by atoms with Crippen LogP contribution in [0.5, 0.6) is 0 Å². The largest absolute Gasteiger partial charge is 0.272 e. The van der Waals surface area contributed by atoms with Gasteiger partial charge in [0.25, 0.3) is 11.6 Å². The molecule has 0 saturated carbocycles. The maximum Gasteiger partial charge on any atom is 0.269 e. The number of benzene rings is 3. The number of hydrogen-bond donors (Lipinski definition) is 1. The highest BCUT2D eigenvalue weighted by molar-refractivity contribution is 7.99. The molecule has 0 aliphatic rings. The van der Waals surface area contributed by atoms with Gasteiger partial charge in [-0.1, -0.05) is 74.5 Å². The van der Waals surface area contributed by atoms with Gasteiger partial charge in [0.05, 0.1) is 16.9 Å². The molecule has 0 saturated heterocycles. The molecule has 0 unspecified atom stereocenters. The van der Waals surface area contributed by atoms with Gasteiger partial charge in [0.1, 0.15) is 0 Å². The lowest BCUT2D eigenvalue weighted by Gasteiger charge is -2.19. The summed E-state index contributed by atoms with van der Waals surface area (Å²) in [6.45, 7) is 8.55. The number of carbonyl (C=O) groups excluding carboxylic acids is 1. The molecule has 10 heteroatoms. The van der Waals surface area contributed by atoms with Gasteiger partial charge in [-0.25, -0.2) is 5.43 Å². The predicted molar refractivity (Wildman–Crippen MR) is 150 cm³/mol. The van der Waals surface area contributed by atoms with Gasteiger partial charge in [-0.15, -0.1) is 10.2 Å². The van der Waals surface area contributed by atoms with Crippen LogP contribution in [0.3, 0.4) is 0 Å². The number of aromatic nitrogens is 3. The van der Waals surface area contributed by atoms with Crippen molar-refractivity contribution in [2.45, 2.75) is 38.3 Å². The summed E-state index contributed by atoms with van der Waals surface area (Å²) in [6.07, 6.45) is 1.43. The first-order chi connectivity index (χ1) is 18.1. The minimum atomic E-state index is -0.471. The van der Waals surface area contributed by atoms with E-state index in [4.69, 9.17) is 0 Å². The van der Waals surface area contributed by atoms with Crippen LogP contribution in [-0.2, 0) is 10.2 Å². The van der Waals surface area contributed by atoms with Crippen LogP contribution in [0.25, 0.3) is 17.1 Å². The lowest BCUT2D eigenvalue weighted by atomic mass is 9.87. The molecule has 0 spiro atoms. The number of amides is 1. The number of rotatable bonds is 8. The van der Waals surface area contributed by atoms with Crippen LogP contribution in [0.15, 0.2) is 83.1 Å². The number of nitrogens with zero attached hydrogens (tertiary/aromatic N) is 5. The fourth-order valence-electron chi connectivity index (χ4n) is 3.62. The van der Waals surface area contributed by atoms with E-state index in [0.717, 1.165) is 16.8 Å². The van der Waals surface area contributed by atoms with E-state index >= 15 is 0 Å². The van der Waals surface area contributed by atoms with Crippen LogP contribution in [0.2, 0.25) is 0 Å². The maximum absolute atomic E-state index is 12.5. The molecule has 9 nitrogen and oxygen atoms in total. The van der Waals surface area contributed by atoms with Crippen molar-refractivity contribution in [1.82, 2.24) is 20.2 Å². The molecule has 0 radical (unpaired) electrons. The third-order valence-electron chi connectivity index (χ3n) is 5.77. The Balaban J connectivity index is 1.50. The van der Waals surface area contributed by atoms with Crippen molar-refractivity contribution in [3.05, 3.63) is 99.6 Å². The first-order valence-electron chi connectivity index (χ1n) is 11.9. The number of aryl methyl sites for hydroxylation is 1. The zero-order valence-corrected chi connectivity index (χ0v) is 22.4. The quantitative estimate of drug-likeness (QED) is 0.136. The Bertz CT molecular complexity index is 1450. The summed E-state index contributed by atoms with van der Waals surface area (Å²) in [5.41, 5.74) is 7.33. The number of nitrogens with one attached hydrogen (secondary N) is 1. The molecule has 0 aliphatic heterocycles. The molecule has 38 heavy (non-hydrogen) atoms. The van der Waals surface area contributed by atoms with Crippen molar-refractivity contribution in [2.24, 2.45) is 5.10 Å². The summed E-state index contributed by atoms with van der Waals surface area (Å²) < 4.78 is 1.95. The van der Waals surface area contributed by atoms with Crippen molar-refractivity contribution < 1.29 is 9.72 Å². The fourth-order valence-corrected chi connectivity index (χ4v) is 4.36. The number of hydrogen-bond acceptors (Lipinski definition) is 7. The van der Waals surface area contributed by atoms with E-state index in [2.05, 4.69) is 53.6 Å². The summed E-state index contributed by atoms with van der Waals surface area (Å²) in [6, 6.07) is 22.2. The van der Waals surface area contributed by atoms with Crippen LogP contribution in [0, 0.1) is 17.0 Å². The van der Waals surface area contributed by atoms with E-state index in [-0.39, 0.29) is 22.8 Å². The number of carbonyl (C=O) groups is 1. The monoisotopic (exact) mass is 528 g/mol. The molecule has 0 bridgehead atoms. The lowest BCUT2D eigenvalue weighted by molar-refractivity contribution is -0.384. The number of thioether (sulfide) groups is 1. The highest BCUT2D eigenvalue weighted by Gasteiger charge is 2.19. The smallest absolute Gasteiger partial charge is 0.269 e. The van der Waals surface area contributed by atoms with Crippen LogP contribution < -0.4 is 5.43 Å². The van der Waals surface area contributed by atoms with Crippen molar-refractivity contribution >= 4 is 29.6 Å². The Morgan fingerprint density at radius 2 is 1.68 bits per heavy atom. The van der Waals surface area contributed by atoms with Gasteiger partial charge in [0, 0.05) is 23.4 Å². The van der Waals surface area contributed by atoms with Crippen molar-refractivity contribution in [3.8, 4) is 17.1 Å². The summed E-state index contributed by atoms with van der Waals surface area (Å²) in [5.74, 6) is 0.445. The Hall–Kier alpha value is -4.31. The van der Waals surface area contributed by atoms with Gasteiger partial charge in [-0.05, 0) is 47.7 Å². The average Bonchev–Trinajstić information content (AvgIpc) is 3.32. The van der Waals surface area contributed by atoms with Gasteiger partial charge in [-0.3, -0.25) is 19.5 Å². The summed E-state index contributed by atoms with van der Waals surface area (Å²) in [4.78, 5) is 22.8. The number of non-ortho nitro benzene ring substituents is 1. The standard InChI is InChI=1S/C28H28N6O3S/c1-19-5-13-23(14-6-19)33-26(21-9-11-22(12-10-21)28(2,3)4)31-32-27(33)38-18-25(35)30-29-17-20-7-15-24(16-8-20)34(36)37/h5-17H,18H2,1-4H3,(H,30,35)/b29-17-. The Morgan fingerprint density at radius 1 is 1.03 bits per heavy atom. The van der Waals surface area contributed by atoms with Gasteiger partial charge in [-0.2, -0.15) is 5.10 Å². The minimum absolute atomic E-state index is 0.00945. The normalized spacial score (nSPS) is 11.6. The lowest BCUT2D eigenvalue weighted by Crippen LogP contribution is -2.20. The first kappa shape index (κ1) is 26.7. The van der Waals surface area contributed by atoms with E-state index in [1.54, 1.807) is 12.1 Å². The zero-order chi connectivity index (χ0) is 27.3. The molecule has 4 rings (SSSR count). The van der Waals surface area contributed by atoms with Crippen LogP contribution in [0.4, 0.5) is 5.69 Å². The summed E-state index contributed by atoms with van der Waals surface area (Å²) in [7, 11) is 0. The van der Waals surface area contributed by atoms with Gasteiger partial charge in [0.15, 0.2) is 11.0 Å². The molecule has 194 valence electrons. The predicted octanol–water partition coefficient (Wildman–Crippen LogP) is 5.69. The molecule has 0 atom stereocenters. The second-order valence-electron chi connectivity index (χ2n) is 9.73. The Kier molecular flexibility index (Phi) is 8.02. The minimum Gasteiger partial charge on any atom is -0.272 e. The third kappa shape index (κ3) is 6.51. The SMILES string of the molecule is Cc1ccc(-n2c(SCC(=O)N/N=C\c3ccc([N+](=O)[O-])cc3)nnc2-c2ccc(C(C)(C)C)cc2)cc1. The van der Waals surface area contributed by atoms with Crippen molar-refractivity contribution in [1.29, 1.82) is 0 Å². The Labute approximate surface area is 225 Å². The summed E-state index contributed by atoms with van der Waals surface area (Å²) >= 11 is 1.26. The second kappa shape index (κ2) is 11.4. The highest BCUT2D eigenvalue weighted by atomic mass is 32.2. The molecule has 1 aromatic heterocycles. The Morgan fingerprint density at radius 3 is 2.29 bits per heavy atom. The molecule has 3 aromatic carbocycles. The number of hydrazone groups is 1. The van der Waals surface area contributed by atoms with E-state index < -0.39 is 4.92 Å². The topological polar surface area (TPSA) is 115 Å². The first-order valence-corrected chi connectivity index (χ1v) is 12.9. The van der Waals surface area contributed by atoms with Gasteiger partial charge in [0.2, 0.25) is 0 Å². The molecular weight excluding hydrogens is 500 g/mol. The maximum atomic E-state index is 12.5. The van der Waals surface area contributed by atoms with Crippen molar-refractivity contribution in [3.63, 3.8) is 0 Å². The zero-order valence-electron chi connectivity index (χ0n) is 21.6. The van der Waals surface area contributed by atoms with Crippen molar-refractivity contribution in [2.75, 3.05) is 5.75 Å². The average molecular weight is 529 g/mol. The molecular formula is C28H28N6O3S. The summed E-state index contributed by atoms with van der Waals surface area (Å²) in [5, 5.41) is 24.1. The van der Waals surface area contributed by atoms with Gasteiger partial charge >= 0.3 is 0 Å². The van der Waals surface area contributed by atoms with Crippen LogP contribution in [0.1, 0.15) is 37.5 Å². The van der Waals surface area contributed by atoms with E-state index in [1.807, 2.05) is 47.9 Å². The van der Waals surface area contributed by atoms with E-state index in [1.165, 1.54) is 35.7 Å². The van der Waals surface area contributed by atoms with Crippen LogP contribution in [-0.4, -0.2) is 37.6 Å². The molecule has 1 amide bonds. The number of nitro groups is 1. The second-order valence-corrected chi connectivity index (χ2v) is 10.7. The molecule has 1 N–H and O–H groups in total. The third-order valence-corrected chi connectivity index (χ3v) is 6.70. The van der Waals surface area contributed by atoms with Gasteiger partial charge < -0.3 is 0 Å². The molecule has 0 aliphatic carbocycles. The van der Waals surface area contributed by atoms with Crippen LogP contribution >= 0.6 is 11.8 Å². The number of nitro benzene ring substituents is 1. The molecule has 0 fully saturated rings. The van der Waals surface area contributed by atoms with E-state index in [9.17, 15) is 14.9 Å². The van der Waals surface area contributed by atoms with E-state index in [0.29, 0.717) is 16.5 Å².